The van der Waals surface area contributed by atoms with E-state index in [1.54, 1.807) is 18.2 Å². The molecule has 0 spiro atoms. The van der Waals surface area contributed by atoms with Crippen LogP contribution in [-0.2, 0) is 0 Å². The molecule has 9 heteroatoms. The summed E-state index contributed by atoms with van der Waals surface area (Å²) in [5, 5.41) is 18.3. The molecular formula is C13H16ClN5O3. The molecule has 0 radical (unpaired) electrons. The van der Waals surface area contributed by atoms with Gasteiger partial charge in [0.05, 0.1) is 11.0 Å². The summed E-state index contributed by atoms with van der Waals surface area (Å²) < 4.78 is 5.22. The summed E-state index contributed by atoms with van der Waals surface area (Å²) >= 11 is 0. The molecule has 0 saturated carbocycles. The lowest BCUT2D eigenvalue weighted by Crippen LogP contribution is -2.44. The van der Waals surface area contributed by atoms with E-state index in [4.69, 9.17) is 4.52 Å². The van der Waals surface area contributed by atoms with Crippen molar-refractivity contribution >= 4 is 18.1 Å². The van der Waals surface area contributed by atoms with E-state index in [1.807, 2.05) is 7.05 Å². The number of likely N-dealkylation sites (N-methyl/N-ethyl adjacent to an activating group) is 1. The SMILES string of the molecule is CN1CCNCC1c1noc(-c2ccccc2[N+](=O)[O-])n1.Cl. The Morgan fingerprint density at radius 1 is 1.45 bits per heavy atom. The van der Waals surface area contributed by atoms with E-state index in [1.165, 1.54) is 6.07 Å². The fraction of sp³-hybridized carbons (Fsp3) is 0.385. The molecule has 22 heavy (non-hydrogen) atoms. The van der Waals surface area contributed by atoms with Crippen LogP contribution in [0.3, 0.4) is 0 Å². The Bertz CT molecular complexity index is 663. The van der Waals surface area contributed by atoms with Crippen LogP contribution >= 0.6 is 12.4 Å². The molecule has 2 aromatic rings. The van der Waals surface area contributed by atoms with Crippen LogP contribution in [0.1, 0.15) is 11.9 Å². The van der Waals surface area contributed by atoms with Gasteiger partial charge in [0, 0.05) is 25.7 Å². The van der Waals surface area contributed by atoms with Gasteiger partial charge >= 0.3 is 0 Å². The van der Waals surface area contributed by atoms with E-state index in [-0.39, 0.29) is 30.0 Å². The Balaban J connectivity index is 0.00000176. The second-order valence-corrected chi connectivity index (χ2v) is 4.93. The van der Waals surface area contributed by atoms with Crippen molar-refractivity contribution in [2.45, 2.75) is 6.04 Å². The number of aromatic nitrogens is 2. The number of halogens is 1. The maximum absolute atomic E-state index is 11.1. The standard InChI is InChI=1S/C13H15N5O3.ClH/c1-17-7-6-14-8-11(17)12-15-13(21-16-12)9-4-2-3-5-10(9)18(19)20;/h2-5,11,14H,6-8H2,1H3;1H. The lowest BCUT2D eigenvalue weighted by atomic mass is 10.1. The Morgan fingerprint density at radius 2 is 2.23 bits per heavy atom. The predicted molar refractivity (Wildman–Crippen MR) is 81.9 cm³/mol. The Labute approximate surface area is 133 Å². The van der Waals surface area contributed by atoms with Crippen LogP contribution in [0, 0.1) is 10.1 Å². The zero-order valence-corrected chi connectivity index (χ0v) is 12.7. The van der Waals surface area contributed by atoms with Gasteiger partial charge in [-0.1, -0.05) is 17.3 Å². The van der Waals surface area contributed by atoms with Gasteiger partial charge < -0.3 is 9.84 Å². The van der Waals surface area contributed by atoms with Gasteiger partial charge in [0.15, 0.2) is 5.82 Å². The first-order chi connectivity index (χ1) is 10.2. The fourth-order valence-corrected chi connectivity index (χ4v) is 2.39. The summed E-state index contributed by atoms with van der Waals surface area (Å²) in [5.74, 6) is 0.717. The van der Waals surface area contributed by atoms with Crippen molar-refractivity contribution in [3.63, 3.8) is 0 Å². The molecular weight excluding hydrogens is 310 g/mol. The van der Waals surface area contributed by atoms with Crippen LogP contribution < -0.4 is 5.32 Å². The Hall–Kier alpha value is -2.03. The zero-order chi connectivity index (χ0) is 14.8. The van der Waals surface area contributed by atoms with Crippen molar-refractivity contribution in [3.8, 4) is 11.5 Å². The van der Waals surface area contributed by atoms with Crippen molar-refractivity contribution < 1.29 is 9.45 Å². The molecule has 1 aromatic carbocycles. The second-order valence-electron chi connectivity index (χ2n) is 4.93. The van der Waals surface area contributed by atoms with Crippen molar-refractivity contribution in [3.05, 3.63) is 40.2 Å². The molecule has 2 heterocycles. The minimum atomic E-state index is -0.451. The first-order valence-corrected chi connectivity index (χ1v) is 6.65. The molecule has 0 amide bonds. The molecule has 0 bridgehead atoms. The Morgan fingerprint density at radius 3 is 2.95 bits per heavy atom. The summed E-state index contributed by atoms with van der Waals surface area (Å²) in [6.07, 6.45) is 0. The number of nitro groups is 1. The maximum atomic E-state index is 11.1. The third-order valence-electron chi connectivity index (χ3n) is 3.58. The van der Waals surface area contributed by atoms with Gasteiger partial charge in [-0.15, -0.1) is 12.4 Å². The number of nitro benzene ring substituents is 1. The summed E-state index contributed by atoms with van der Waals surface area (Å²) in [7, 11) is 1.99. The predicted octanol–water partition coefficient (Wildman–Crippen LogP) is 1.64. The summed E-state index contributed by atoms with van der Waals surface area (Å²) in [6.45, 7) is 2.54. The maximum Gasteiger partial charge on any atom is 0.282 e. The van der Waals surface area contributed by atoms with E-state index in [0.717, 1.165) is 19.6 Å². The zero-order valence-electron chi connectivity index (χ0n) is 11.9. The van der Waals surface area contributed by atoms with Crippen molar-refractivity contribution in [1.29, 1.82) is 0 Å². The van der Waals surface area contributed by atoms with Crippen molar-refractivity contribution in [1.82, 2.24) is 20.4 Å². The van der Waals surface area contributed by atoms with Crippen LogP contribution in [0.15, 0.2) is 28.8 Å². The summed E-state index contributed by atoms with van der Waals surface area (Å²) in [6, 6.07) is 6.36. The number of nitrogens with zero attached hydrogens (tertiary/aromatic N) is 4. The van der Waals surface area contributed by atoms with Crippen LogP contribution in [0.2, 0.25) is 0 Å². The van der Waals surface area contributed by atoms with Crippen LogP contribution in [0.4, 0.5) is 5.69 Å². The van der Waals surface area contributed by atoms with Gasteiger partial charge in [0.1, 0.15) is 5.56 Å². The van der Waals surface area contributed by atoms with Gasteiger partial charge in [0.25, 0.3) is 11.6 Å². The number of hydrogen-bond acceptors (Lipinski definition) is 7. The van der Waals surface area contributed by atoms with E-state index < -0.39 is 4.92 Å². The lowest BCUT2D eigenvalue weighted by Gasteiger charge is -2.30. The molecule has 1 aliphatic rings. The molecule has 1 unspecified atom stereocenters. The van der Waals surface area contributed by atoms with Crippen molar-refractivity contribution in [2.75, 3.05) is 26.7 Å². The molecule has 1 aliphatic heterocycles. The van der Waals surface area contributed by atoms with Crippen LogP contribution in [-0.4, -0.2) is 46.6 Å². The highest BCUT2D eigenvalue weighted by Crippen LogP contribution is 2.29. The summed E-state index contributed by atoms with van der Waals surface area (Å²) in [5.41, 5.74) is 0.301. The molecule has 0 aliphatic carbocycles. The van der Waals surface area contributed by atoms with E-state index in [9.17, 15) is 10.1 Å². The summed E-state index contributed by atoms with van der Waals surface area (Å²) in [4.78, 5) is 17.1. The fourth-order valence-electron chi connectivity index (χ4n) is 2.39. The number of rotatable bonds is 3. The highest BCUT2D eigenvalue weighted by molar-refractivity contribution is 5.85. The Kier molecular flexibility index (Phi) is 5.07. The normalized spacial score (nSPS) is 18.7. The molecule has 1 N–H and O–H groups in total. The lowest BCUT2D eigenvalue weighted by molar-refractivity contribution is -0.384. The van der Waals surface area contributed by atoms with E-state index >= 15 is 0 Å². The van der Waals surface area contributed by atoms with Gasteiger partial charge in [-0.25, -0.2) is 0 Å². The molecule has 8 nitrogen and oxygen atoms in total. The average Bonchev–Trinajstić information content (AvgIpc) is 2.97. The second kappa shape index (κ2) is 6.82. The number of piperazine rings is 1. The molecule has 3 rings (SSSR count). The number of hydrogen-bond donors (Lipinski definition) is 1. The third kappa shape index (κ3) is 3.08. The van der Waals surface area contributed by atoms with Crippen LogP contribution in [0.5, 0.6) is 0 Å². The average molecular weight is 326 g/mol. The monoisotopic (exact) mass is 325 g/mol. The van der Waals surface area contributed by atoms with E-state index in [2.05, 4.69) is 20.4 Å². The molecule has 1 fully saturated rings. The van der Waals surface area contributed by atoms with Crippen molar-refractivity contribution in [2.24, 2.45) is 0 Å². The minimum Gasteiger partial charge on any atom is -0.334 e. The molecule has 1 atom stereocenters. The van der Waals surface area contributed by atoms with Gasteiger partial charge in [0.2, 0.25) is 0 Å². The highest BCUT2D eigenvalue weighted by atomic mass is 35.5. The number of benzene rings is 1. The van der Waals surface area contributed by atoms with Gasteiger partial charge in [-0.05, 0) is 13.1 Å². The van der Waals surface area contributed by atoms with Gasteiger partial charge in [-0.3, -0.25) is 15.0 Å². The highest BCUT2D eigenvalue weighted by Gasteiger charge is 2.27. The first-order valence-electron chi connectivity index (χ1n) is 6.65. The third-order valence-corrected chi connectivity index (χ3v) is 3.58. The first kappa shape index (κ1) is 16.3. The molecule has 118 valence electrons. The smallest absolute Gasteiger partial charge is 0.282 e. The van der Waals surface area contributed by atoms with Gasteiger partial charge in [-0.2, -0.15) is 4.98 Å². The largest absolute Gasteiger partial charge is 0.334 e. The number of para-hydroxylation sites is 1. The van der Waals surface area contributed by atoms with E-state index in [0.29, 0.717) is 11.4 Å². The topological polar surface area (TPSA) is 97.3 Å². The van der Waals surface area contributed by atoms with Crippen LogP contribution in [0.25, 0.3) is 11.5 Å². The molecule has 1 saturated heterocycles. The minimum absolute atomic E-state index is 0. The molecule has 1 aromatic heterocycles. The number of nitrogens with one attached hydrogen (secondary N) is 1. The quantitative estimate of drug-likeness (QED) is 0.676.